The lowest BCUT2D eigenvalue weighted by atomic mass is 10.2. The number of carbonyl (C=O) groups is 2. The Labute approximate surface area is 144 Å². The molecule has 1 amide bonds. The molecule has 0 unspecified atom stereocenters. The van der Waals surface area contributed by atoms with E-state index in [0.29, 0.717) is 5.69 Å². The molecule has 8 heteroatoms. The Morgan fingerprint density at radius 3 is 2.32 bits per heavy atom. The van der Waals surface area contributed by atoms with Gasteiger partial charge in [0.1, 0.15) is 5.69 Å². The Kier molecular flexibility index (Phi) is 5.67. The predicted octanol–water partition coefficient (Wildman–Crippen LogP) is 2.82. The number of para-hydroxylation sites is 3. The molecule has 0 heterocycles. The van der Waals surface area contributed by atoms with Crippen LogP contribution < -0.4 is 10.6 Å². The van der Waals surface area contributed by atoms with Crippen molar-refractivity contribution >= 4 is 28.9 Å². The van der Waals surface area contributed by atoms with Crippen LogP contribution in [0.2, 0.25) is 0 Å². The first-order valence-electron chi connectivity index (χ1n) is 7.46. The van der Waals surface area contributed by atoms with E-state index >= 15 is 0 Å². The number of hydrogen-bond donors (Lipinski definition) is 2. The Morgan fingerprint density at radius 1 is 1.08 bits per heavy atom. The normalized spacial score (nSPS) is 11.3. The summed E-state index contributed by atoms with van der Waals surface area (Å²) >= 11 is 0. The minimum absolute atomic E-state index is 0.0380. The molecule has 0 saturated heterocycles. The average molecular weight is 343 g/mol. The van der Waals surface area contributed by atoms with Crippen molar-refractivity contribution < 1.29 is 19.2 Å². The zero-order chi connectivity index (χ0) is 18.4. The van der Waals surface area contributed by atoms with Gasteiger partial charge in [-0.15, -0.1) is 0 Å². The number of rotatable bonds is 6. The SMILES string of the molecule is CNc1ccccc1C(=O)O[C@H](C)C(=O)Nc1ccccc1[N+](=O)[O-]. The number of ether oxygens (including phenoxy) is 1. The molecule has 0 aromatic heterocycles. The van der Waals surface area contributed by atoms with Gasteiger partial charge in [0.2, 0.25) is 0 Å². The smallest absolute Gasteiger partial charge is 0.341 e. The number of amides is 1. The van der Waals surface area contributed by atoms with Crippen LogP contribution in [0.4, 0.5) is 17.1 Å². The second-order valence-electron chi connectivity index (χ2n) is 5.11. The number of nitrogens with zero attached hydrogens (tertiary/aromatic N) is 1. The van der Waals surface area contributed by atoms with Crippen molar-refractivity contribution in [2.24, 2.45) is 0 Å². The third-order valence-electron chi connectivity index (χ3n) is 3.43. The number of nitrogens with one attached hydrogen (secondary N) is 2. The fourth-order valence-electron chi connectivity index (χ4n) is 2.13. The van der Waals surface area contributed by atoms with E-state index in [9.17, 15) is 19.7 Å². The van der Waals surface area contributed by atoms with Crippen LogP contribution in [0.15, 0.2) is 48.5 Å². The highest BCUT2D eigenvalue weighted by Crippen LogP contribution is 2.23. The molecule has 0 aliphatic heterocycles. The Morgan fingerprint density at radius 2 is 1.68 bits per heavy atom. The fraction of sp³-hybridized carbons (Fsp3) is 0.176. The highest BCUT2D eigenvalue weighted by atomic mass is 16.6. The maximum Gasteiger partial charge on any atom is 0.341 e. The number of esters is 1. The van der Waals surface area contributed by atoms with E-state index in [4.69, 9.17) is 4.74 Å². The lowest BCUT2D eigenvalue weighted by molar-refractivity contribution is -0.383. The minimum atomic E-state index is -1.13. The summed E-state index contributed by atoms with van der Waals surface area (Å²) in [6, 6.07) is 12.4. The molecule has 2 N–H and O–H groups in total. The van der Waals surface area contributed by atoms with Crippen LogP contribution in [0.5, 0.6) is 0 Å². The molecule has 2 aromatic carbocycles. The molecule has 0 bridgehead atoms. The average Bonchev–Trinajstić information content (AvgIpc) is 2.61. The van der Waals surface area contributed by atoms with Crippen LogP contribution in [-0.4, -0.2) is 30.0 Å². The van der Waals surface area contributed by atoms with E-state index in [0.717, 1.165) is 0 Å². The summed E-state index contributed by atoms with van der Waals surface area (Å²) in [5.41, 5.74) is 0.653. The molecule has 0 spiro atoms. The molecule has 25 heavy (non-hydrogen) atoms. The van der Waals surface area contributed by atoms with Crippen LogP contribution in [0.25, 0.3) is 0 Å². The molecular formula is C17H17N3O5. The van der Waals surface area contributed by atoms with Gasteiger partial charge in [0.15, 0.2) is 6.10 Å². The Balaban J connectivity index is 2.08. The van der Waals surface area contributed by atoms with Crippen LogP contribution in [0, 0.1) is 10.1 Å². The number of hydrogen-bond acceptors (Lipinski definition) is 6. The summed E-state index contributed by atoms with van der Waals surface area (Å²) in [7, 11) is 1.66. The van der Waals surface area contributed by atoms with Gasteiger partial charge in [-0.1, -0.05) is 24.3 Å². The summed E-state index contributed by atoms with van der Waals surface area (Å²) in [6.07, 6.45) is -1.13. The molecule has 0 aliphatic rings. The molecule has 1 atom stereocenters. The van der Waals surface area contributed by atoms with Crippen molar-refractivity contribution in [1.82, 2.24) is 0 Å². The monoisotopic (exact) mass is 343 g/mol. The molecule has 2 rings (SSSR count). The van der Waals surface area contributed by atoms with E-state index in [1.54, 1.807) is 37.4 Å². The summed E-state index contributed by atoms with van der Waals surface area (Å²) in [5.74, 6) is -1.33. The first kappa shape index (κ1) is 17.9. The molecule has 0 saturated carbocycles. The summed E-state index contributed by atoms with van der Waals surface area (Å²) in [4.78, 5) is 34.8. The molecule has 0 radical (unpaired) electrons. The minimum Gasteiger partial charge on any atom is -0.449 e. The summed E-state index contributed by atoms with van der Waals surface area (Å²) in [6.45, 7) is 1.39. The Hall–Kier alpha value is -3.42. The zero-order valence-electron chi connectivity index (χ0n) is 13.7. The molecule has 0 fully saturated rings. The number of nitro benzene ring substituents is 1. The van der Waals surface area contributed by atoms with Crippen molar-refractivity contribution in [3.8, 4) is 0 Å². The lowest BCUT2D eigenvalue weighted by Gasteiger charge is -2.15. The van der Waals surface area contributed by atoms with E-state index < -0.39 is 22.9 Å². The number of nitro groups is 1. The highest BCUT2D eigenvalue weighted by molar-refractivity contribution is 6.00. The topological polar surface area (TPSA) is 111 Å². The molecule has 130 valence electrons. The van der Waals surface area contributed by atoms with Gasteiger partial charge >= 0.3 is 5.97 Å². The molecule has 8 nitrogen and oxygen atoms in total. The van der Waals surface area contributed by atoms with Crippen molar-refractivity contribution in [1.29, 1.82) is 0 Å². The van der Waals surface area contributed by atoms with Gasteiger partial charge in [-0.05, 0) is 25.1 Å². The Bertz CT molecular complexity index is 806. The molecular weight excluding hydrogens is 326 g/mol. The summed E-state index contributed by atoms with van der Waals surface area (Å²) in [5, 5.41) is 16.2. The van der Waals surface area contributed by atoms with Crippen molar-refractivity contribution in [3.05, 3.63) is 64.2 Å². The van der Waals surface area contributed by atoms with Gasteiger partial charge in [0.05, 0.1) is 10.5 Å². The largest absolute Gasteiger partial charge is 0.449 e. The first-order chi connectivity index (χ1) is 11.9. The van der Waals surface area contributed by atoms with Crippen molar-refractivity contribution in [2.75, 3.05) is 17.7 Å². The van der Waals surface area contributed by atoms with Gasteiger partial charge in [-0.2, -0.15) is 0 Å². The lowest BCUT2D eigenvalue weighted by Crippen LogP contribution is -2.30. The maximum absolute atomic E-state index is 12.2. The maximum atomic E-state index is 12.2. The van der Waals surface area contributed by atoms with Crippen LogP contribution in [0.3, 0.4) is 0 Å². The zero-order valence-corrected chi connectivity index (χ0v) is 13.7. The molecule has 0 aliphatic carbocycles. The second-order valence-corrected chi connectivity index (χ2v) is 5.11. The van der Waals surface area contributed by atoms with Crippen LogP contribution in [-0.2, 0) is 9.53 Å². The number of benzene rings is 2. The van der Waals surface area contributed by atoms with Crippen molar-refractivity contribution in [3.63, 3.8) is 0 Å². The van der Waals surface area contributed by atoms with Gasteiger partial charge in [0, 0.05) is 18.8 Å². The quantitative estimate of drug-likeness (QED) is 0.474. The van der Waals surface area contributed by atoms with Gasteiger partial charge in [-0.25, -0.2) is 4.79 Å². The predicted molar refractivity (Wildman–Crippen MR) is 92.6 cm³/mol. The van der Waals surface area contributed by atoms with Gasteiger partial charge in [-0.3, -0.25) is 14.9 Å². The standard InChI is InChI=1S/C17H17N3O5/c1-11(25-17(22)12-7-3-4-8-13(12)18-2)16(21)19-14-9-5-6-10-15(14)20(23)24/h3-11,18H,1-2H3,(H,19,21)/t11-/m1/s1. The first-order valence-corrected chi connectivity index (χ1v) is 7.46. The van der Waals surface area contributed by atoms with Gasteiger partial charge < -0.3 is 15.4 Å². The van der Waals surface area contributed by atoms with Gasteiger partial charge in [0.25, 0.3) is 11.6 Å². The third kappa shape index (κ3) is 4.31. The summed E-state index contributed by atoms with van der Waals surface area (Å²) < 4.78 is 5.15. The van der Waals surface area contributed by atoms with E-state index in [-0.39, 0.29) is 16.9 Å². The fourth-order valence-corrected chi connectivity index (χ4v) is 2.13. The second kappa shape index (κ2) is 7.91. The van der Waals surface area contributed by atoms with Crippen LogP contribution >= 0.6 is 0 Å². The van der Waals surface area contributed by atoms with E-state index in [2.05, 4.69) is 10.6 Å². The van der Waals surface area contributed by atoms with E-state index in [1.807, 2.05) is 0 Å². The highest BCUT2D eigenvalue weighted by Gasteiger charge is 2.23. The van der Waals surface area contributed by atoms with Crippen molar-refractivity contribution in [2.45, 2.75) is 13.0 Å². The van der Waals surface area contributed by atoms with E-state index in [1.165, 1.54) is 25.1 Å². The number of carbonyl (C=O) groups excluding carboxylic acids is 2. The third-order valence-corrected chi connectivity index (χ3v) is 3.43. The molecule has 2 aromatic rings. The van der Waals surface area contributed by atoms with Crippen LogP contribution in [0.1, 0.15) is 17.3 Å². The number of anilines is 2.